The van der Waals surface area contributed by atoms with E-state index in [0.29, 0.717) is 30.9 Å². The number of carbonyl (C=O) groups excluding carboxylic acids is 3. The number of hydrogen-bond donors (Lipinski definition) is 6. The van der Waals surface area contributed by atoms with Gasteiger partial charge in [-0.15, -0.1) is 0 Å². The van der Waals surface area contributed by atoms with Crippen molar-refractivity contribution in [3.63, 3.8) is 0 Å². The van der Waals surface area contributed by atoms with Crippen molar-refractivity contribution in [1.82, 2.24) is 16.0 Å². The minimum Gasteiger partial charge on any atom is -0.508 e. The lowest BCUT2D eigenvalue weighted by Gasteiger charge is -2.22. The van der Waals surface area contributed by atoms with Crippen molar-refractivity contribution >= 4 is 45.3 Å². The molecule has 1 fully saturated rings. The number of aliphatic carboxylic acids is 1. The monoisotopic (exact) mass is 616 g/mol. The maximum atomic E-state index is 12.9. The lowest BCUT2D eigenvalue weighted by molar-refractivity contribution is -0.192. The Kier molecular flexibility index (Phi) is 13.8. The number of amides is 3. The minimum absolute atomic E-state index is 0.000386. The molecule has 1 aliphatic rings. The maximum Gasteiger partial charge on any atom is 0.490 e. The van der Waals surface area contributed by atoms with Gasteiger partial charge in [-0.05, 0) is 36.1 Å². The molecule has 0 unspecified atom stereocenters. The Morgan fingerprint density at radius 3 is 2.24 bits per heavy atom. The average molecular weight is 617 g/mol. The molecule has 15 heteroatoms. The summed E-state index contributed by atoms with van der Waals surface area (Å²) in [6.45, 7) is 0.373. The zero-order valence-electron chi connectivity index (χ0n) is 21.7. The Morgan fingerprint density at radius 1 is 1.00 bits per heavy atom. The van der Waals surface area contributed by atoms with Crippen LogP contribution in [0.15, 0.2) is 54.6 Å². The molecule has 3 amide bonds. The minimum atomic E-state index is -5.08. The van der Waals surface area contributed by atoms with Gasteiger partial charge in [0, 0.05) is 30.5 Å². The van der Waals surface area contributed by atoms with E-state index in [1.54, 1.807) is 24.3 Å². The van der Waals surface area contributed by atoms with Crippen LogP contribution in [0.3, 0.4) is 0 Å². The Morgan fingerprint density at radius 2 is 1.63 bits per heavy atom. The first-order chi connectivity index (χ1) is 19.3. The molecule has 1 heterocycles. The van der Waals surface area contributed by atoms with Gasteiger partial charge >= 0.3 is 12.1 Å². The number of carbonyl (C=O) groups is 4. The van der Waals surface area contributed by atoms with Gasteiger partial charge in [-0.2, -0.15) is 13.2 Å². The Balaban J connectivity index is 0.000000745. The van der Waals surface area contributed by atoms with E-state index in [1.807, 2.05) is 30.3 Å². The van der Waals surface area contributed by atoms with Crippen LogP contribution < -0.4 is 21.7 Å². The largest absolute Gasteiger partial charge is 0.508 e. The van der Waals surface area contributed by atoms with Gasteiger partial charge in [0.25, 0.3) is 0 Å². The van der Waals surface area contributed by atoms with Crippen LogP contribution in [0, 0.1) is 0 Å². The van der Waals surface area contributed by atoms with E-state index < -0.39 is 30.3 Å². The summed E-state index contributed by atoms with van der Waals surface area (Å²) in [5.74, 6) is -2.46. The summed E-state index contributed by atoms with van der Waals surface area (Å²) in [6.07, 6.45) is -4.21. The second-order valence-corrected chi connectivity index (χ2v) is 11.5. The highest BCUT2D eigenvalue weighted by atomic mass is 33.1. The molecule has 224 valence electrons. The quantitative estimate of drug-likeness (QED) is 0.276. The predicted molar refractivity (Wildman–Crippen MR) is 150 cm³/mol. The summed E-state index contributed by atoms with van der Waals surface area (Å²) in [5.41, 5.74) is 7.88. The molecule has 1 aliphatic heterocycles. The van der Waals surface area contributed by atoms with Crippen LogP contribution in [-0.4, -0.2) is 69.7 Å². The van der Waals surface area contributed by atoms with Gasteiger partial charge < -0.3 is 31.9 Å². The van der Waals surface area contributed by atoms with Crippen LogP contribution in [-0.2, 0) is 32.1 Å². The summed E-state index contributed by atoms with van der Waals surface area (Å²) >= 11 is 0. The first-order valence-electron chi connectivity index (χ1n) is 12.3. The fourth-order valence-corrected chi connectivity index (χ4v) is 5.72. The maximum absolute atomic E-state index is 12.9. The van der Waals surface area contributed by atoms with E-state index in [9.17, 15) is 32.7 Å². The SMILES string of the molecule is N[C@H]1CCSSC[C@@H](C(=O)NCc2ccccc2)NC(=O)C[C@H](Cc2ccc(O)cc2)NC1=O.O=C(O)C(F)(F)F. The first-order valence-corrected chi connectivity index (χ1v) is 14.8. The molecule has 0 saturated carbocycles. The Labute approximate surface area is 242 Å². The highest BCUT2D eigenvalue weighted by Gasteiger charge is 2.38. The topological polar surface area (TPSA) is 171 Å². The molecular weight excluding hydrogens is 585 g/mol. The van der Waals surface area contributed by atoms with E-state index in [2.05, 4.69) is 16.0 Å². The van der Waals surface area contributed by atoms with Gasteiger partial charge in [0.15, 0.2) is 0 Å². The summed E-state index contributed by atoms with van der Waals surface area (Å²) in [4.78, 5) is 47.2. The molecule has 10 nitrogen and oxygen atoms in total. The number of rotatable bonds is 5. The Hall–Kier alpha value is -3.43. The number of phenols is 1. The van der Waals surface area contributed by atoms with Gasteiger partial charge in [-0.25, -0.2) is 4.79 Å². The van der Waals surface area contributed by atoms with Crippen LogP contribution in [0.1, 0.15) is 24.0 Å². The average Bonchev–Trinajstić information content (AvgIpc) is 2.92. The standard InChI is InChI=1S/C24H30N4O4S2.C2HF3O2/c25-20-10-11-33-34-15-21(24(32)26-14-17-4-2-1-3-5-17)28-22(30)13-18(27-23(20)31)12-16-6-8-19(29)9-7-16;3-2(4,5)1(6)7/h1-9,18,20-21,29H,10-15,25H2,(H,26,32)(H,27,31)(H,28,30);(H,6,7)/t18-,20-,21-;/m0./s1. The molecule has 0 aliphatic carbocycles. The van der Waals surface area contributed by atoms with E-state index in [4.69, 9.17) is 15.6 Å². The molecule has 2 aromatic carbocycles. The lowest BCUT2D eigenvalue weighted by Crippen LogP contribution is -2.51. The fraction of sp³-hybridized carbons (Fsp3) is 0.385. The van der Waals surface area contributed by atoms with Crippen LogP contribution in [0.4, 0.5) is 13.2 Å². The lowest BCUT2D eigenvalue weighted by atomic mass is 10.0. The number of phenolic OH excluding ortho intramolecular Hbond substituents is 1. The van der Waals surface area contributed by atoms with Crippen molar-refractivity contribution in [3.8, 4) is 5.75 Å². The third-order valence-corrected chi connectivity index (χ3v) is 8.01. The summed E-state index contributed by atoms with van der Waals surface area (Å²) in [5, 5.41) is 25.3. The molecule has 0 bridgehead atoms. The van der Waals surface area contributed by atoms with Crippen molar-refractivity contribution in [1.29, 1.82) is 0 Å². The molecule has 2 aromatic rings. The zero-order valence-corrected chi connectivity index (χ0v) is 23.4. The van der Waals surface area contributed by atoms with Gasteiger partial charge in [0.05, 0.1) is 6.04 Å². The predicted octanol–water partition coefficient (Wildman–Crippen LogP) is 2.36. The van der Waals surface area contributed by atoms with Crippen molar-refractivity contribution in [2.45, 2.75) is 50.1 Å². The van der Waals surface area contributed by atoms with Crippen molar-refractivity contribution in [3.05, 3.63) is 65.7 Å². The molecule has 7 N–H and O–H groups in total. The fourth-order valence-electron chi connectivity index (χ4n) is 3.45. The van der Waals surface area contributed by atoms with Crippen LogP contribution in [0.5, 0.6) is 5.75 Å². The Bertz CT molecular complexity index is 1160. The second-order valence-electron chi connectivity index (χ2n) is 8.91. The van der Waals surface area contributed by atoms with E-state index in [-0.39, 0.29) is 29.9 Å². The first kappa shape index (κ1) is 33.8. The van der Waals surface area contributed by atoms with Crippen molar-refractivity contribution < 1.29 is 42.6 Å². The molecule has 1 saturated heterocycles. The highest BCUT2D eigenvalue weighted by Crippen LogP contribution is 2.24. The van der Waals surface area contributed by atoms with Gasteiger partial charge in [0.1, 0.15) is 11.8 Å². The van der Waals surface area contributed by atoms with Gasteiger partial charge in [-0.1, -0.05) is 64.1 Å². The molecule has 3 rings (SSSR count). The van der Waals surface area contributed by atoms with Crippen LogP contribution >= 0.6 is 21.6 Å². The normalized spacial score (nSPS) is 20.4. The number of nitrogens with one attached hydrogen (secondary N) is 3. The molecule has 0 aromatic heterocycles. The second kappa shape index (κ2) is 16.7. The number of carboxylic acid groups (broad SMARTS) is 1. The summed E-state index contributed by atoms with van der Waals surface area (Å²) in [6, 6.07) is 14.3. The number of hydrogen-bond acceptors (Lipinski definition) is 8. The molecule has 41 heavy (non-hydrogen) atoms. The zero-order chi connectivity index (χ0) is 30.4. The molecular formula is C26H31F3N4O6S2. The smallest absolute Gasteiger partial charge is 0.490 e. The summed E-state index contributed by atoms with van der Waals surface area (Å²) < 4.78 is 31.7. The highest BCUT2D eigenvalue weighted by molar-refractivity contribution is 8.76. The molecule has 3 atom stereocenters. The molecule has 0 spiro atoms. The van der Waals surface area contributed by atoms with Gasteiger partial charge in [0.2, 0.25) is 17.7 Å². The number of halogens is 3. The van der Waals surface area contributed by atoms with E-state index >= 15 is 0 Å². The third-order valence-electron chi connectivity index (χ3n) is 5.57. The van der Waals surface area contributed by atoms with E-state index in [0.717, 1.165) is 11.1 Å². The number of aromatic hydroxyl groups is 1. The van der Waals surface area contributed by atoms with Crippen molar-refractivity contribution in [2.75, 3.05) is 11.5 Å². The summed E-state index contributed by atoms with van der Waals surface area (Å²) in [7, 11) is 3.00. The van der Waals surface area contributed by atoms with Gasteiger partial charge in [-0.3, -0.25) is 14.4 Å². The number of alkyl halides is 3. The molecule has 0 radical (unpaired) electrons. The number of nitrogens with two attached hydrogens (primary N) is 1. The van der Waals surface area contributed by atoms with Crippen LogP contribution in [0.25, 0.3) is 0 Å². The van der Waals surface area contributed by atoms with Crippen molar-refractivity contribution in [2.24, 2.45) is 5.73 Å². The van der Waals surface area contributed by atoms with E-state index in [1.165, 1.54) is 21.6 Å². The van der Waals surface area contributed by atoms with Crippen LogP contribution in [0.2, 0.25) is 0 Å². The number of benzene rings is 2. The third kappa shape index (κ3) is 13.2. The number of carboxylic acids is 1.